The Morgan fingerprint density at radius 3 is 2.73 bits per heavy atom. The third-order valence-corrected chi connectivity index (χ3v) is 7.23. The number of carbonyl (C=O) groups excluding carboxylic acids is 2. The summed E-state index contributed by atoms with van der Waals surface area (Å²) < 4.78 is 33.9. The van der Waals surface area contributed by atoms with Crippen molar-refractivity contribution in [2.75, 3.05) is 13.2 Å². The molecule has 0 saturated carbocycles. The van der Waals surface area contributed by atoms with Crippen LogP contribution in [0.5, 0.6) is 0 Å². The molecular formula is C20H24ClN3O5S. The molecule has 1 fully saturated rings. The van der Waals surface area contributed by atoms with Crippen LogP contribution in [0.15, 0.2) is 41.4 Å². The van der Waals surface area contributed by atoms with E-state index in [4.69, 9.17) is 16.3 Å². The van der Waals surface area contributed by atoms with Gasteiger partial charge in [-0.1, -0.05) is 29.8 Å². The molecule has 8 nitrogen and oxygen atoms in total. The van der Waals surface area contributed by atoms with Crippen LogP contribution in [0.1, 0.15) is 35.8 Å². The molecule has 10 heteroatoms. The highest BCUT2D eigenvalue weighted by Gasteiger charge is 2.40. The number of hydrogen-bond donors (Lipinski definition) is 1. The lowest BCUT2D eigenvalue weighted by Gasteiger charge is -2.23. The molecule has 2 aromatic rings. The first-order valence-electron chi connectivity index (χ1n) is 9.62. The fourth-order valence-corrected chi connectivity index (χ4v) is 5.38. The van der Waals surface area contributed by atoms with E-state index in [1.54, 1.807) is 32.2 Å². The lowest BCUT2D eigenvalue weighted by molar-refractivity contribution is -0.124. The van der Waals surface area contributed by atoms with E-state index in [1.807, 2.05) is 6.07 Å². The Kier molecular flexibility index (Phi) is 6.84. The quantitative estimate of drug-likeness (QED) is 0.649. The number of nitrogens with zero attached hydrogens (tertiary/aromatic N) is 2. The van der Waals surface area contributed by atoms with Crippen molar-refractivity contribution in [3.8, 4) is 0 Å². The molecule has 0 radical (unpaired) electrons. The van der Waals surface area contributed by atoms with Gasteiger partial charge in [-0.25, -0.2) is 13.2 Å². The number of sulfonamides is 1. The van der Waals surface area contributed by atoms with Crippen LogP contribution in [0, 0.1) is 0 Å². The monoisotopic (exact) mass is 453 g/mol. The fourth-order valence-electron chi connectivity index (χ4n) is 3.45. The maximum Gasteiger partial charge on any atom is 0.354 e. The van der Waals surface area contributed by atoms with Crippen molar-refractivity contribution in [1.82, 2.24) is 14.2 Å². The fraction of sp³-hybridized carbons (Fsp3) is 0.400. The second kappa shape index (κ2) is 9.20. The van der Waals surface area contributed by atoms with Crippen LogP contribution in [0.25, 0.3) is 0 Å². The van der Waals surface area contributed by atoms with Gasteiger partial charge in [0.05, 0.1) is 6.61 Å². The molecule has 1 saturated heterocycles. The molecule has 1 aliphatic heterocycles. The van der Waals surface area contributed by atoms with Crippen LogP contribution in [-0.2, 0) is 33.1 Å². The highest BCUT2D eigenvalue weighted by atomic mass is 35.5. The highest BCUT2D eigenvalue weighted by molar-refractivity contribution is 7.89. The number of benzene rings is 1. The predicted molar refractivity (Wildman–Crippen MR) is 112 cm³/mol. The van der Waals surface area contributed by atoms with Gasteiger partial charge < -0.3 is 14.6 Å². The van der Waals surface area contributed by atoms with Crippen molar-refractivity contribution in [2.45, 2.75) is 37.2 Å². The van der Waals surface area contributed by atoms with Crippen LogP contribution in [0.4, 0.5) is 0 Å². The molecule has 2 heterocycles. The minimum atomic E-state index is -3.96. The zero-order valence-electron chi connectivity index (χ0n) is 16.8. The van der Waals surface area contributed by atoms with Crippen molar-refractivity contribution in [2.24, 2.45) is 7.05 Å². The Labute approximate surface area is 180 Å². The predicted octanol–water partition coefficient (Wildman–Crippen LogP) is 2.32. The second-order valence-corrected chi connectivity index (χ2v) is 9.27. The number of aryl methyl sites for hydroxylation is 1. The first kappa shape index (κ1) is 22.3. The molecule has 0 bridgehead atoms. The summed E-state index contributed by atoms with van der Waals surface area (Å²) in [7, 11) is -2.38. The van der Waals surface area contributed by atoms with E-state index in [0.29, 0.717) is 17.9 Å². The third-order valence-electron chi connectivity index (χ3n) is 4.99. The van der Waals surface area contributed by atoms with E-state index in [-0.39, 0.29) is 36.2 Å². The number of aromatic nitrogens is 1. The molecule has 1 aromatic carbocycles. The van der Waals surface area contributed by atoms with Gasteiger partial charge in [-0.2, -0.15) is 4.31 Å². The average Bonchev–Trinajstić information content (AvgIpc) is 3.35. The summed E-state index contributed by atoms with van der Waals surface area (Å²) >= 11 is 6.12. The Hall–Kier alpha value is -2.36. The molecule has 0 spiro atoms. The molecule has 30 heavy (non-hydrogen) atoms. The molecule has 1 N–H and O–H groups in total. The molecule has 0 aliphatic carbocycles. The molecule has 3 rings (SSSR count). The van der Waals surface area contributed by atoms with Crippen molar-refractivity contribution < 1.29 is 22.7 Å². The van der Waals surface area contributed by atoms with E-state index < -0.39 is 22.0 Å². The molecule has 1 aliphatic rings. The van der Waals surface area contributed by atoms with Crippen LogP contribution in [-0.4, -0.2) is 48.4 Å². The largest absolute Gasteiger partial charge is 0.461 e. The first-order chi connectivity index (χ1) is 14.3. The maximum absolute atomic E-state index is 13.2. The van der Waals surface area contributed by atoms with Gasteiger partial charge in [-0.15, -0.1) is 0 Å². The number of nitrogens with one attached hydrogen (secondary N) is 1. The van der Waals surface area contributed by atoms with Gasteiger partial charge in [0, 0.05) is 31.4 Å². The van der Waals surface area contributed by atoms with E-state index in [2.05, 4.69) is 5.32 Å². The number of halogens is 1. The number of rotatable bonds is 7. The summed E-state index contributed by atoms with van der Waals surface area (Å²) in [6, 6.07) is 7.60. The normalized spacial score (nSPS) is 17.1. The van der Waals surface area contributed by atoms with Gasteiger partial charge in [0.2, 0.25) is 15.9 Å². The summed E-state index contributed by atoms with van der Waals surface area (Å²) in [6.07, 6.45) is 2.35. The lowest BCUT2D eigenvalue weighted by atomic mass is 10.2. The summed E-state index contributed by atoms with van der Waals surface area (Å²) in [5.41, 5.74) is 0.886. The lowest BCUT2D eigenvalue weighted by Crippen LogP contribution is -2.45. The van der Waals surface area contributed by atoms with Gasteiger partial charge in [-0.05, 0) is 37.5 Å². The van der Waals surface area contributed by atoms with Crippen LogP contribution >= 0.6 is 11.6 Å². The molecule has 1 atom stereocenters. The Morgan fingerprint density at radius 2 is 2.03 bits per heavy atom. The molecule has 162 valence electrons. The second-order valence-electron chi connectivity index (χ2n) is 6.98. The Bertz CT molecular complexity index is 1050. The average molecular weight is 454 g/mol. The van der Waals surface area contributed by atoms with Crippen LogP contribution < -0.4 is 5.32 Å². The Morgan fingerprint density at radius 1 is 1.30 bits per heavy atom. The van der Waals surface area contributed by atoms with E-state index in [1.165, 1.54) is 21.1 Å². The van der Waals surface area contributed by atoms with Gasteiger partial charge >= 0.3 is 5.97 Å². The Balaban J connectivity index is 1.77. The van der Waals surface area contributed by atoms with Gasteiger partial charge in [-0.3, -0.25) is 4.79 Å². The maximum atomic E-state index is 13.2. The number of amides is 1. The SMILES string of the molecule is CCOC(=O)c1cc(S(=O)(=O)N2CCCC2C(=O)NCc2ccccc2Cl)cn1C. The number of ether oxygens (including phenoxy) is 1. The van der Waals surface area contributed by atoms with Gasteiger partial charge in [0.1, 0.15) is 16.6 Å². The van der Waals surface area contributed by atoms with E-state index in [0.717, 1.165) is 5.56 Å². The van der Waals surface area contributed by atoms with E-state index in [9.17, 15) is 18.0 Å². The zero-order valence-corrected chi connectivity index (χ0v) is 18.4. The summed E-state index contributed by atoms with van der Waals surface area (Å²) in [4.78, 5) is 24.7. The first-order valence-corrected chi connectivity index (χ1v) is 11.4. The van der Waals surface area contributed by atoms with Crippen molar-refractivity contribution >= 4 is 33.5 Å². The molecule has 1 aromatic heterocycles. The topological polar surface area (TPSA) is 97.7 Å². The molecular weight excluding hydrogens is 430 g/mol. The minimum Gasteiger partial charge on any atom is -0.461 e. The molecule has 1 amide bonds. The standard InChI is InChI=1S/C20H24ClN3O5S/c1-3-29-20(26)18-11-15(13-23(18)2)30(27,28)24-10-6-9-17(24)19(25)22-12-14-7-4-5-8-16(14)21/h4-5,7-8,11,13,17H,3,6,9-10,12H2,1-2H3,(H,22,25). The van der Waals surface area contributed by atoms with Gasteiger partial charge in [0.15, 0.2) is 0 Å². The smallest absolute Gasteiger partial charge is 0.354 e. The highest BCUT2D eigenvalue weighted by Crippen LogP contribution is 2.27. The minimum absolute atomic E-state index is 0.0427. The van der Waals surface area contributed by atoms with Crippen molar-refractivity contribution in [1.29, 1.82) is 0 Å². The number of hydrogen-bond acceptors (Lipinski definition) is 5. The van der Waals surface area contributed by atoms with Gasteiger partial charge in [0.25, 0.3) is 0 Å². The number of esters is 1. The third kappa shape index (κ3) is 4.53. The van der Waals surface area contributed by atoms with Crippen LogP contribution in [0.2, 0.25) is 5.02 Å². The van der Waals surface area contributed by atoms with E-state index >= 15 is 0 Å². The summed E-state index contributed by atoms with van der Waals surface area (Å²) in [6.45, 7) is 2.30. The van der Waals surface area contributed by atoms with Crippen molar-refractivity contribution in [3.63, 3.8) is 0 Å². The summed E-state index contributed by atoms with van der Waals surface area (Å²) in [5.74, 6) is -0.977. The van der Waals surface area contributed by atoms with Crippen LogP contribution in [0.3, 0.4) is 0 Å². The summed E-state index contributed by atoms with van der Waals surface area (Å²) in [5, 5.41) is 3.31. The van der Waals surface area contributed by atoms with Crippen molar-refractivity contribution in [3.05, 3.63) is 52.8 Å². The number of carbonyl (C=O) groups is 2. The molecule has 1 unspecified atom stereocenters. The zero-order chi connectivity index (χ0) is 21.9.